The Kier molecular flexibility index (Phi) is 37.7. The first kappa shape index (κ1) is 109. The molecule has 8 N–H and O–H groups in total. The van der Waals surface area contributed by atoms with E-state index in [9.17, 15) is 0 Å². The van der Waals surface area contributed by atoms with Crippen LogP contribution in [0.3, 0.4) is 0 Å². The molecule has 16 nitrogen and oxygen atoms in total. The number of anilines is 4. The van der Waals surface area contributed by atoms with Gasteiger partial charge in [-0.05, 0) is 415 Å². The van der Waals surface area contributed by atoms with E-state index in [-0.39, 0.29) is 0 Å². The molecule has 4 aromatic heterocycles. The van der Waals surface area contributed by atoms with Crippen molar-refractivity contribution < 1.29 is 0 Å². The fourth-order valence-corrected chi connectivity index (χ4v) is 23.6. The van der Waals surface area contributed by atoms with E-state index in [2.05, 4.69) is 414 Å². The summed E-state index contributed by atoms with van der Waals surface area (Å²) in [6, 6.07) is 65.0. The number of piperazine rings is 4. The fourth-order valence-electron chi connectivity index (χ4n) is 23.6. The summed E-state index contributed by atoms with van der Waals surface area (Å²) < 4.78 is 0. The van der Waals surface area contributed by atoms with E-state index in [4.69, 9.17) is 0 Å². The van der Waals surface area contributed by atoms with E-state index < -0.39 is 0 Å². The number of likely N-dealkylation sites (tertiary alicyclic amines) is 2. The van der Waals surface area contributed by atoms with E-state index in [0.29, 0.717) is 47.3 Å². The number of H-pyrrole nitrogens is 4. The molecule has 0 saturated carbocycles. The van der Waals surface area contributed by atoms with Crippen LogP contribution in [0.1, 0.15) is 299 Å². The largest absolute Gasteiger partial charge is 0.369 e. The van der Waals surface area contributed by atoms with E-state index in [0.717, 1.165) is 141 Å². The van der Waals surface area contributed by atoms with E-state index in [1.165, 1.54) is 250 Å². The molecule has 8 fully saturated rings. The number of aromatic nitrogens is 4. The molecule has 0 spiro atoms. The van der Waals surface area contributed by atoms with E-state index in [1.807, 2.05) is 0 Å². The Morgan fingerprint density at radius 3 is 0.818 bits per heavy atom. The predicted molar refractivity (Wildman–Crippen MR) is 640 cm³/mol. The average Bonchev–Trinajstić information content (AvgIpc) is 1.64. The number of nitrogens with one attached hydrogen (secondary N) is 8. The molecule has 0 atom stereocenters. The summed E-state index contributed by atoms with van der Waals surface area (Å²) in [4.78, 5) is 33.7. The van der Waals surface area contributed by atoms with Crippen LogP contribution in [0.4, 0.5) is 22.7 Å². The van der Waals surface area contributed by atoms with E-state index in [1.54, 1.807) is 44.5 Å². The van der Waals surface area contributed by atoms with Gasteiger partial charge in [0.25, 0.3) is 0 Å². The van der Waals surface area contributed by atoms with Crippen molar-refractivity contribution in [2.24, 2.45) is 23.7 Å². The molecule has 792 valence electrons. The lowest BCUT2D eigenvalue weighted by molar-refractivity contribution is 0.255. The van der Waals surface area contributed by atoms with Gasteiger partial charge in [0.2, 0.25) is 0 Å². The highest BCUT2D eigenvalue weighted by Crippen LogP contribution is 2.42. The number of likely N-dealkylation sites (N-methyl/N-ethyl adjacent to an activating group) is 2. The predicted octanol–water partition coefficient (Wildman–Crippen LogP) is 27.2. The van der Waals surface area contributed by atoms with Gasteiger partial charge >= 0.3 is 0 Å². The number of benzene rings is 8. The van der Waals surface area contributed by atoms with Gasteiger partial charge in [0.15, 0.2) is 0 Å². The van der Waals surface area contributed by atoms with Crippen LogP contribution in [0.5, 0.6) is 0 Å². The van der Waals surface area contributed by atoms with Crippen molar-refractivity contribution in [3.8, 4) is 0 Å². The molecule has 0 bridgehead atoms. The Bertz CT molecular complexity index is 6140. The van der Waals surface area contributed by atoms with Crippen LogP contribution in [0, 0.1) is 23.7 Å². The molecular weight excluding hydrogens is 1810 g/mol. The number of rotatable bonds is 16. The van der Waals surface area contributed by atoms with Crippen LogP contribution in [-0.4, -0.2) is 225 Å². The molecule has 8 saturated heterocycles. The summed E-state index contributed by atoms with van der Waals surface area (Å²) in [7, 11) is 8.86. The molecule has 12 aliphatic rings. The quantitative estimate of drug-likeness (QED) is 0.0468. The Hall–Kier alpha value is -10.2. The maximum Gasteiger partial charge on any atom is 0.0457 e. The van der Waals surface area contributed by atoms with Crippen molar-refractivity contribution >= 4 is 90.7 Å². The van der Waals surface area contributed by atoms with Crippen molar-refractivity contribution in [3.63, 3.8) is 0 Å². The van der Waals surface area contributed by atoms with Crippen molar-refractivity contribution in [2.75, 3.05) is 205 Å². The molecule has 4 aliphatic carbocycles. The average molecular weight is 2000 g/mol. The second-order valence-corrected chi connectivity index (χ2v) is 47.9. The second-order valence-electron chi connectivity index (χ2n) is 47.9. The minimum atomic E-state index is 0.555. The van der Waals surface area contributed by atoms with Gasteiger partial charge in [0.1, 0.15) is 0 Å². The summed E-state index contributed by atoms with van der Waals surface area (Å²) in [6.45, 7) is 63.9. The van der Waals surface area contributed by atoms with Crippen LogP contribution in [0.2, 0.25) is 0 Å². The highest BCUT2D eigenvalue weighted by Gasteiger charge is 2.29. The SMILES string of the molecule is CC(C)C1=Cc2cc(N3CCN(C)CC3)ccc2C1.CC(C)C1=Cc2ccc(C3CCN(C)CC3)cc2C1.CC(C)C1=Cc2ccc(C3CCNCC3)cc2C1.CC(C)C1=Cc2ccc(N3CCNCC3)cc2C1.CC(C)c1cc2cc(C3CCN(C)CC3)ccc2[nH]1.CC(C)c1cc2cc(C3CCNCC3)ccc2[nH]1.CC(C)c1cc2cc(N3CCN(C)CC3)ccc2[nH]1.CC(C)c1cc2cc(N3CCNCC3)ccc2[nH]1. The monoisotopic (exact) mass is 1990 g/mol. The summed E-state index contributed by atoms with van der Waals surface area (Å²) in [5.41, 5.74) is 40.3. The first-order valence-corrected chi connectivity index (χ1v) is 57.9. The third-order valence-corrected chi connectivity index (χ3v) is 34.3. The number of allylic oxidation sites excluding steroid dienone is 4. The topological polar surface area (TPSA) is 137 Å². The third-order valence-electron chi connectivity index (χ3n) is 34.3. The Labute approximate surface area is 891 Å². The molecule has 16 heteroatoms. The molecule has 0 amide bonds. The minimum absolute atomic E-state index is 0.555. The first-order chi connectivity index (χ1) is 71.5. The number of nitrogens with zero attached hydrogens (tertiary/aromatic N) is 8. The normalized spacial score (nSPS) is 18.8. The molecule has 148 heavy (non-hydrogen) atoms. The van der Waals surface area contributed by atoms with Crippen molar-refractivity contribution in [2.45, 2.75) is 235 Å². The molecule has 0 radical (unpaired) electrons. The van der Waals surface area contributed by atoms with Gasteiger partial charge in [-0.25, -0.2) is 0 Å². The van der Waals surface area contributed by atoms with Gasteiger partial charge in [-0.2, -0.15) is 0 Å². The lowest BCUT2D eigenvalue weighted by Crippen LogP contribution is -2.44. The first-order valence-electron chi connectivity index (χ1n) is 57.9. The second kappa shape index (κ2) is 51.3. The summed E-state index contributed by atoms with van der Waals surface area (Å²) in [6.07, 6.45) is 24.6. The summed E-state index contributed by atoms with van der Waals surface area (Å²) in [5, 5.41) is 19.1. The van der Waals surface area contributed by atoms with Gasteiger partial charge in [-0.3, -0.25) is 0 Å². The molecular formula is C132H184N16. The number of hydrogen-bond donors (Lipinski definition) is 8. The number of hydrogen-bond acceptors (Lipinski definition) is 12. The third kappa shape index (κ3) is 28.6. The van der Waals surface area contributed by atoms with E-state index >= 15 is 0 Å². The zero-order valence-electron chi connectivity index (χ0n) is 94.4. The minimum Gasteiger partial charge on any atom is -0.369 e. The number of fused-ring (bicyclic) bond motifs is 8. The Morgan fingerprint density at radius 2 is 0.466 bits per heavy atom. The molecule has 24 rings (SSSR count). The van der Waals surface area contributed by atoms with Crippen LogP contribution in [0.15, 0.2) is 192 Å². The molecule has 0 unspecified atom stereocenters. The number of aromatic amines is 4. The van der Waals surface area contributed by atoms with Crippen molar-refractivity contribution in [3.05, 3.63) is 282 Å². The smallest absolute Gasteiger partial charge is 0.0457 e. The van der Waals surface area contributed by atoms with Crippen LogP contribution < -0.4 is 40.9 Å². The van der Waals surface area contributed by atoms with Crippen LogP contribution >= 0.6 is 0 Å². The van der Waals surface area contributed by atoms with Gasteiger partial charge < -0.3 is 80.4 Å². The summed E-state index contributed by atoms with van der Waals surface area (Å²) in [5.74, 6) is 7.99. The molecule has 12 heterocycles. The zero-order valence-corrected chi connectivity index (χ0v) is 94.4. The van der Waals surface area contributed by atoms with Gasteiger partial charge in [-0.15, -0.1) is 0 Å². The molecule has 8 aromatic carbocycles. The highest BCUT2D eigenvalue weighted by molar-refractivity contribution is 5.87. The fraction of sp³-hybridized carbons (Fsp3) is 0.515. The summed E-state index contributed by atoms with van der Waals surface area (Å²) >= 11 is 0. The van der Waals surface area contributed by atoms with Crippen molar-refractivity contribution in [1.82, 2.24) is 60.8 Å². The van der Waals surface area contributed by atoms with Crippen molar-refractivity contribution in [1.29, 1.82) is 0 Å². The van der Waals surface area contributed by atoms with Crippen LogP contribution in [0.25, 0.3) is 67.9 Å². The van der Waals surface area contributed by atoms with Crippen LogP contribution in [-0.2, 0) is 25.7 Å². The lowest BCUT2D eigenvalue weighted by atomic mass is 9.88. The highest BCUT2D eigenvalue weighted by atomic mass is 15.3. The standard InChI is InChI=1S/C18H25N.2C17H24N2.C17H23N.C16H23N3.2C16H22N2.C15H21N3/c1-13(2)17-10-16-5-4-15(11-18(16)12-17)14-6-8-19(3)9-7-14;1-13(2)15-10-14-4-5-17(12-16(14)11-15)19-8-6-18(3)7-9-19;1-12(2)17-11-15-10-14(4-5-16(15)18-17)13-6-8-19(3)9-7-13;1-12(2)16-9-15-4-3-14(10-17(15)11-16)13-5-7-18-8-6-13;1-12(2)16-11-13-10-14(4-5-15(13)17-16)19-8-6-18(3)7-9-19;1-12(2)14-9-13-3-4-16(11-15(13)10-14)18-7-5-17-6-8-18;1-11(2)16-10-14-9-13(3-4-15(14)18-16)12-5-7-17-8-6-12;1-11(2)15-10-12-9-13(3-4-14(12)17-15)18-7-5-16-6-8-18/h4-5,10-11,13-14H,6-9,12H2,1-3H3;4-5,11-13H,6-10H2,1-3H3;4-5,10-13,18H,6-9H2,1-3H3;3-4,9-10,12-13,18H,5-8,11H2,1-2H3;4-5,10-12,17H,6-9H2,1-3H3;3-4,9,11-12,17H,5-8,10H2,1-2H3;3-4,9-12,17-18H,5-8H2,1-2H3;3-4,9-11,16-17H,5-8H2,1-2H3. The maximum absolute atomic E-state index is 3.52. The lowest BCUT2D eigenvalue weighted by Gasteiger charge is -2.34. The number of piperidine rings is 4. The molecule has 8 aliphatic heterocycles. The van der Waals surface area contributed by atoms with Gasteiger partial charge in [0, 0.05) is 183 Å². The van der Waals surface area contributed by atoms with Gasteiger partial charge in [0.05, 0.1) is 0 Å². The Morgan fingerprint density at radius 1 is 0.209 bits per heavy atom. The molecule has 12 aromatic rings. The Balaban J connectivity index is 0.000000115. The maximum atomic E-state index is 3.52. The zero-order chi connectivity index (χ0) is 104. The van der Waals surface area contributed by atoms with Gasteiger partial charge in [-0.1, -0.05) is 218 Å².